The van der Waals surface area contributed by atoms with Crippen molar-refractivity contribution in [2.24, 2.45) is 5.73 Å². The Morgan fingerprint density at radius 2 is 1.90 bits per heavy atom. The van der Waals surface area contributed by atoms with Gasteiger partial charge in [-0.2, -0.15) is 0 Å². The third kappa shape index (κ3) is 4.40. The van der Waals surface area contributed by atoms with Gasteiger partial charge < -0.3 is 15.2 Å². The number of carbonyl (C=O) groups excluding carboxylic acids is 2. The van der Waals surface area contributed by atoms with Crippen LogP contribution in [-0.4, -0.2) is 39.3 Å². The number of halogens is 1. The number of hydrogen-bond donors (Lipinski definition) is 1. The van der Waals surface area contributed by atoms with Gasteiger partial charge in [-0.25, -0.2) is 9.37 Å². The Hall–Kier alpha value is -3.88. The Labute approximate surface area is 171 Å². The number of primary amides is 1. The number of nitrogens with zero attached hydrogens (tertiary/aromatic N) is 4. The minimum Gasteiger partial charge on any atom is -0.368 e. The van der Waals surface area contributed by atoms with Crippen molar-refractivity contribution < 1.29 is 14.0 Å². The molecule has 0 aliphatic carbocycles. The molecule has 0 fully saturated rings. The molecule has 9 heteroatoms. The number of rotatable bonds is 7. The maximum Gasteiger partial charge on any atom is 0.293 e. The number of ketones is 1. The van der Waals surface area contributed by atoms with Crippen LogP contribution in [-0.2, 0) is 11.3 Å². The molecule has 1 amide bonds. The fraction of sp³-hybridized carbons (Fsp3) is 0.190. The third-order valence-corrected chi connectivity index (χ3v) is 4.74. The van der Waals surface area contributed by atoms with Gasteiger partial charge in [0, 0.05) is 43.0 Å². The molecule has 0 spiro atoms. The van der Waals surface area contributed by atoms with Crippen LogP contribution in [0.1, 0.15) is 28.4 Å². The Morgan fingerprint density at radius 1 is 1.20 bits per heavy atom. The zero-order valence-corrected chi connectivity index (χ0v) is 16.4. The predicted octanol–water partition coefficient (Wildman–Crippen LogP) is 1.37. The largest absolute Gasteiger partial charge is 0.368 e. The average molecular weight is 409 g/mol. The van der Waals surface area contributed by atoms with E-state index in [4.69, 9.17) is 5.73 Å². The van der Waals surface area contributed by atoms with Gasteiger partial charge in [0.15, 0.2) is 11.6 Å². The number of hydrogen-bond acceptors (Lipinski definition) is 6. The summed E-state index contributed by atoms with van der Waals surface area (Å²) in [7, 11) is 1.56. The van der Waals surface area contributed by atoms with Crippen LogP contribution in [0.25, 0.3) is 0 Å². The molecule has 1 atom stereocenters. The molecular formula is C21H20FN5O3. The lowest BCUT2D eigenvalue weighted by Crippen LogP contribution is -2.43. The molecule has 2 aromatic heterocycles. The predicted molar refractivity (Wildman–Crippen MR) is 109 cm³/mol. The second-order valence-electron chi connectivity index (χ2n) is 6.79. The smallest absolute Gasteiger partial charge is 0.293 e. The van der Waals surface area contributed by atoms with Crippen LogP contribution >= 0.6 is 0 Å². The summed E-state index contributed by atoms with van der Waals surface area (Å²) in [4.78, 5) is 46.4. The number of carbonyl (C=O) groups is 2. The van der Waals surface area contributed by atoms with Crippen molar-refractivity contribution in [3.05, 3.63) is 88.0 Å². The summed E-state index contributed by atoms with van der Waals surface area (Å²) in [5.41, 5.74) is 6.17. The molecular weight excluding hydrogens is 389 g/mol. The SMILES string of the molecule is CC(C(N)=O)N(C)c1nccn(Cc2cncc(C(=O)c3ccc(F)cc3)c2)c1=O. The van der Waals surface area contributed by atoms with Crippen LogP contribution in [0.2, 0.25) is 0 Å². The van der Waals surface area contributed by atoms with Gasteiger partial charge in [0.25, 0.3) is 5.56 Å². The topological polar surface area (TPSA) is 111 Å². The molecule has 154 valence electrons. The summed E-state index contributed by atoms with van der Waals surface area (Å²) >= 11 is 0. The van der Waals surface area contributed by atoms with Crippen molar-refractivity contribution in [3.8, 4) is 0 Å². The second-order valence-corrected chi connectivity index (χ2v) is 6.79. The van der Waals surface area contributed by atoms with Crippen molar-refractivity contribution in [2.75, 3.05) is 11.9 Å². The summed E-state index contributed by atoms with van der Waals surface area (Å²) < 4.78 is 14.5. The van der Waals surface area contributed by atoms with Crippen molar-refractivity contribution in [3.63, 3.8) is 0 Å². The van der Waals surface area contributed by atoms with Crippen LogP contribution in [0.5, 0.6) is 0 Å². The van der Waals surface area contributed by atoms with E-state index in [2.05, 4.69) is 9.97 Å². The zero-order chi connectivity index (χ0) is 21.8. The van der Waals surface area contributed by atoms with E-state index in [1.165, 1.54) is 52.3 Å². The molecule has 0 saturated heterocycles. The van der Waals surface area contributed by atoms with Crippen LogP contribution < -0.4 is 16.2 Å². The molecule has 0 saturated carbocycles. The fourth-order valence-corrected chi connectivity index (χ4v) is 2.84. The molecule has 3 aromatic rings. The Morgan fingerprint density at radius 3 is 2.57 bits per heavy atom. The molecule has 0 bridgehead atoms. The van der Waals surface area contributed by atoms with Crippen LogP contribution in [0, 0.1) is 5.82 Å². The van der Waals surface area contributed by atoms with E-state index in [1.54, 1.807) is 26.2 Å². The third-order valence-electron chi connectivity index (χ3n) is 4.74. The minimum atomic E-state index is -0.709. The van der Waals surface area contributed by atoms with Crippen LogP contribution in [0.4, 0.5) is 10.2 Å². The Balaban J connectivity index is 1.87. The molecule has 1 unspecified atom stereocenters. The highest BCUT2D eigenvalue weighted by Crippen LogP contribution is 2.13. The number of aromatic nitrogens is 3. The summed E-state index contributed by atoms with van der Waals surface area (Å²) in [5, 5.41) is 0. The highest BCUT2D eigenvalue weighted by Gasteiger charge is 2.20. The van der Waals surface area contributed by atoms with E-state index in [0.29, 0.717) is 16.7 Å². The summed E-state index contributed by atoms with van der Waals surface area (Å²) in [6.07, 6.45) is 5.91. The molecule has 8 nitrogen and oxygen atoms in total. The van der Waals surface area contributed by atoms with Gasteiger partial charge >= 0.3 is 0 Å². The molecule has 0 radical (unpaired) electrons. The van der Waals surface area contributed by atoms with Gasteiger partial charge in [-0.1, -0.05) is 0 Å². The van der Waals surface area contributed by atoms with Crippen molar-refractivity contribution in [2.45, 2.75) is 19.5 Å². The lowest BCUT2D eigenvalue weighted by Gasteiger charge is -2.23. The van der Waals surface area contributed by atoms with E-state index in [1.807, 2.05) is 0 Å². The normalized spacial score (nSPS) is 11.7. The first-order valence-electron chi connectivity index (χ1n) is 9.09. The summed E-state index contributed by atoms with van der Waals surface area (Å²) in [6, 6.07) is 6.15. The van der Waals surface area contributed by atoms with Gasteiger partial charge in [0.05, 0.1) is 6.54 Å². The number of pyridine rings is 1. The quantitative estimate of drug-likeness (QED) is 0.590. The number of nitrogens with two attached hydrogens (primary N) is 1. The lowest BCUT2D eigenvalue weighted by atomic mass is 10.0. The number of benzene rings is 1. The average Bonchev–Trinajstić information content (AvgIpc) is 2.74. The lowest BCUT2D eigenvalue weighted by molar-refractivity contribution is -0.118. The van der Waals surface area contributed by atoms with E-state index in [9.17, 15) is 18.8 Å². The molecule has 1 aromatic carbocycles. The van der Waals surface area contributed by atoms with Crippen molar-refractivity contribution in [1.29, 1.82) is 0 Å². The number of amides is 1. The van der Waals surface area contributed by atoms with Gasteiger partial charge in [0.2, 0.25) is 5.91 Å². The maximum absolute atomic E-state index is 13.1. The van der Waals surface area contributed by atoms with Gasteiger partial charge in [-0.15, -0.1) is 0 Å². The summed E-state index contributed by atoms with van der Waals surface area (Å²) in [6.45, 7) is 1.72. The highest BCUT2D eigenvalue weighted by molar-refractivity contribution is 6.08. The van der Waals surface area contributed by atoms with Crippen LogP contribution in [0.15, 0.2) is 59.9 Å². The van der Waals surface area contributed by atoms with E-state index < -0.39 is 23.3 Å². The molecule has 0 aliphatic heterocycles. The minimum absolute atomic E-state index is 0.0790. The second kappa shape index (κ2) is 8.64. The van der Waals surface area contributed by atoms with Crippen molar-refractivity contribution >= 4 is 17.5 Å². The first-order valence-corrected chi connectivity index (χ1v) is 9.09. The summed E-state index contributed by atoms with van der Waals surface area (Å²) in [5.74, 6) is -1.23. The number of anilines is 1. The van der Waals surface area contributed by atoms with Gasteiger partial charge in [-0.3, -0.25) is 19.4 Å². The first-order chi connectivity index (χ1) is 14.3. The van der Waals surface area contributed by atoms with Crippen molar-refractivity contribution in [1.82, 2.24) is 14.5 Å². The first kappa shape index (κ1) is 20.8. The molecule has 2 N–H and O–H groups in total. The van der Waals surface area contributed by atoms with E-state index >= 15 is 0 Å². The Bertz CT molecular complexity index is 1140. The van der Waals surface area contributed by atoms with E-state index in [0.717, 1.165) is 0 Å². The van der Waals surface area contributed by atoms with E-state index in [-0.39, 0.29) is 18.1 Å². The zero-order valence-electron chi connectivity index (χ0n) is 16.4. The molecule has 30 heavy (non-hydrogen) atoms. The number of likely N-dealkylation sites (N-methyl/N-ethyl adjacent to an activating group) is 1. The molecule has 0 aliphatic rings. The van der Waals surface area contributed by atoms with Gasteiger partial charge in [-0.05, 0) is 42.8 Å². The standard InChI is InChI=1S/C21H20FN5O3/c1-13(19(23)29)26(2)20-21(30)27(8-7-25-20)12-14-9-16(11-24-10-14)18(28)15-3-5-17(22)6-4-15/h3-11,13H,12H2,1-2H3,(H2,23,29). The molecule has 2 heterocycles. The monoisotopic (exact) mass is 409 g/mol. The molecule has 3 rings (SSSR count). The Kier molecular flexibility index (Phi) is 6.01. The maximum atomic E-state index is 13.1. The highest BCUT2D eigenvalue weighted by atomic mass is 19.1. The van der Waals surface area contributed by atoms with Crippen LogP contribution in [0.3, 0.4) is 0 Å². The van der Waals surface area contributed by atoms with Gasteiger partial charge in [0.1, 0.15) is 11.9 Å². The fourth-order valence-electron chi connectivity index (χ4n) is 2.84.